The molecule has 2 heterocycles. The molecule has 2 fully saturated rings. The fourth-order valence-electron chi connectivity index (χ4n) is 2.63. The van der Waals surface area contributed by atoms with Gasteiger partial charge in [0.1, 0.15) is 6.04 Å². The molecular weight excluding hydrogens is 264 g/mol. The zero-order valence-corrected chi connectivity index (χ0v) is 11.4. The molecule has 114 valence electrons. The number of hydrogen-bond donors (Lipinski definition) is 4. The van der Waals surface area contributed by atoms with E-state index in [9.17, 15) is 14.7 Å². The molecule has 0 aromatic carbocycles. The first-order valence-corrected chi connectivity index (χ1v) is 6.96. The topological polar surface area (TPSA) is 105 Å². The number of rotatable bonds is 4. The Balaban J connectivity index is 1.74. The summed E-state index contributed by atoms with van der Waals surface area (Å²) in [5, 5.41) is 24.5. The van der Waals surface area contributed by atoms with Crippen molar-refractivity contribution in [1.82, 2.24) is 20.4 Å². The van der Waals surface area contributed by atoms with Crippen molar-refractivity contribution in [2.45, 2.75) is 18.6 Å². The second kappa shape index (κ2) is 6.87. The standard InChI is InChI=1S/C12H22N4O4/c17-9-7-10(11(18)19)16(8-9)12(20)14-3-6-15-4-1-13-2-5-15/h9-10,13,17H,1-8H2,(H,14,20)(H,18,19)/t9-,10-/m0/s1. The molecule has 2 rings (SSSR count). The molecule has 4 N–H and O–H groups in total. The van der Waals surface area contributed by atoms with Crippen LogP contribution in [0.1, 0.15) is 6.42 Å². The Morgan fingerprint density at radius 3 is 2.65 bits per heavy atom. The molecule has 20 heavy (non-hydrogen) atoms. The molecule has 0 radical (unpaired) electrons. The Labute approximate surface area is 117 Å². The maximum Gasteiger partial charge on any atom is 0.326 e. The number of β-amino-alcohol motifs (C(OH)–C–C–N with tert-alkyl or cyclic N) is 1. The van der Waals surface area contributed by atoms with Crippen LogP contribution in [0.15, 0.2) is 0 Å². The summed E-state index contributed by atoms with van der Waals surface area (Å²) in [4.78, 5) is 26.4. The van der Waals surface area contributed by atoms with E-state index in [1.807, 2.05) is 0 Å². The second-order valence-corrected chi connectivity index (χ2v) is 5.22. The van der Waals surface area contributed by atoms with Gasteiger partial charge < -0.3 is 25.7 Å². The highest BCUT2D eigenvalue weighted by Gasteiger charge is 2.38. The molecule has 0 spiro atoms. The normalized spacial score (nSPS) is 27.6. The summed E-state index contributed by atoms with van der Waals surface area (Å²) in [6, 6.07) is -1.34. The molecule has 8 nitrogen and oxygen atoms in total. The summed E-state index contributed by atoms with van der Waals surface area (Å²) in [5.41, 5.74) is 0. The number of piperazine rings is 1. The third-order valence-corrected chi connectivity index (χ3v) is 3.74. The molecule has 8 heteroatoms. The van der Waals surface area contributed by atoms with Gasteiger partial charge in [0.2, 0.25) is 0 Å². The van der Waals surface area contributed by atoms with Crippen LogP contribution in [-0.2, 0) is 4.79 Å². The van der Waals surface area contributed by atoms with E-state index in [2.05, 4.69) is 15.5 Å². The van der Waals surface area contributed by atoms with E-state index in [1.54, 1.807) is 0 Å². The fourth-order valence-corrected chi connectivity index (χ4v) is 2.63. The van der Waals surface area contributed by atoms with Crippen LogP contribution in [0.5, 0.6) is 0 Å². The molecule has 0 saturated carbocycles. The van der Waals surface area contributed by atoms with E-state index < -0.39 is 24.1 Å². The lowest BCUT2D eigenvalue weighted by Crippen LogP contribution is -2.49. The summed E-state index contributed by atoms with van der Waals surface area (Å²) in [5.74, 6) is -1.07. The van der Waals surface area contributed by atoms with Gasteiger partial charge in [0.05, 0.1) is 6.10 Å². The van der Waals surface area contributed by atoms with Crippen LogP contribution in [0.4, 0.5) is 4.79 Å². The third kappa shape index (κ3) is 3.81. The van der Waals surface area contributed by atoms with Gasteiger partial charge in [-0.2, -0.15) is 0 Å². The molecule has 0 bridgehead atoms. The van der Waals surface area contributed by atoms with Gasteiger partial charge in [-0.15, -0.1) is 0 Å². The molecule has 0 aliphatic carbocycles. The van der Waals surface area contributed by atoms with Crippen molar-refractivity contribution in [3.8, 4) is 0 Å². The molecular formula is C12H22N4O4. The van der Waals surface area contributed by atoms with Gasteiger partial charge in [-0.3, -0.25) is 4.90 Å². The maximum absolute atomic E-state index is 12.0. The van der Waals surface area contributed by atoms with Crippen molar-refractivity contribution in [3.05, 3.63) is 0 Å². The smallest absolute Gasteiger partial charge is 0.326 e. The Morgan fingerprint density at radius 1 is 1.30 bits per heavy atom. The number of aliphatic hydroxyl groups excluding tert-OH is 1. The van der Waals surface area contributed by atoms with Crippen molar-refractivity contribution < 1.29 is 19.8 Å². The van der Waals surface area contributed by atoms with Crippen molar-refractivity contribution in [2.24, 2.45) is 0 Å². The lowest BCUT2D eigenvalue weighted by molar-refractivity contribution is -0.141. The summed E-state index contributed by atoms with van der Waals surface area (Å²) in [6.45, 7) is 5.13. The van der Waals surface area contributed by atoms with E-state index in [0.717, 1.165) is 32.7 Å². The van der Waals surface area contributed by atoms with Gasteiger partial charge in [0.25, 0.3) is 0 Å². The number of nitrogens with zero attached hydrogens (tertiary/aromatic N) is 2. The summed E-state index contributed by atoms with van der Waals surface area (Å²) >= 11 is 0. The van der Waals surface area contributed by atoms with Crippen LogP contribution in [0, 0.1) is 0 Å². The zero-order chi connectivity index (χ0) is 14.5. The third-order valence-electron chi connectivity index (χ3n) is 3.74. The van der Waals surface area contributed by atoms with Crippen LogP contribution in [-0.4, -0.2) is 90.0 Å². The Hall–Kier alpha value is -1.38. The minimum absolute atomic E-state index is 0.0798. The van der Waals surface area contributed by atoms with Crippen molar-refractivity contribution in [2.75, 3.05) is 45.8 Å². The average molecular weight is 286 g/mol. The second-order valence-electron chi connectivity index (χ2n) is 5.22. The quantitative estimate of drug-likeness (QED) is 0.482. The minimum Gasteiger partial charge on any atom is -0.480 e. The highest BCUT2D eigenvalue weighted by atomic mass is 16.4. The Morgan fingerprint density at radius 2 is 2.00 bits per heavy atom. The predicted octanol–water partition coefficient (Wildman–Crippen LogP) is -1.88. The van der Waals surface area contributed by atoms with Gasteiger partial charge in [0.15, 0.2) is 0 Å². The number of urea groups is 1. The number of carboxylic acid groups (broad SMARTS) is 1. The number of carbonyl (C=O) groups excluding carboxylic acids is 1. The highest BCUT2D eigenvalue weighted by molar-refractivity contribution is 5.83. The fraction of sp³-hybridized carbons (Fsp3) is 0.833. The Kier molecular flexibility index (Phi) is 5.16. The maximum atomic E-state index is 12.0. The number of likely N-dealkylation sites (tertiary alicyclic amines) is 1. The van der Waals surface area contributed by atoms with Crippen LogP contribution in [0.2, 0.25) is 0 Å². The summed E-state index contributed by atoms with van der Waals surface area (Å²) in [6.07, 6.45) is -0.657. The number of hydrogen-bond acceptors (Lipinski definition) is 5. The van der Waals surface area contributed by atoms with E-state index in [4.69, 9.17) is 5.11 Å². The lowest BCUT2D eigenvalue weighted by Gasteiger charge is -2.28. The largest absolute Gasteiger partial charge is 0.480 e. The predicted molar refractivity (Wildman–Crippen MR) is 71.5 cm³/mol. The van der Waals surface area contributed by atoms with E-state index in [1.165, 1.54) is 4.90 Å². The summed E-state index contributed by atoms with van der Waals surface area (Å²) in [7, 11) is 0. The van der Waals surface area contributed by atoms with E-state index in [0.29, 0.717) is 6.54 Å². The van der Waals surface area contributed by atoms with Crippen LogP contribution < -0.4 is 10.6 Å². The molecule has 0 aromatic heterocycles. The van der Waals surface area contributed by atoms with E-state index in [-0.39, 0.29) is 13.0 Å². The monoisotopic (exact) mass is 286 g/mol. The van der Waals surface area contributed by atoms with Gasteiger partial charge in [-0.05, 0) is 0 Å². The first kappa shape index (κ1) is 15.0. The number of aliphatic carboxylic acids is 1. The first-order chi connectivity index (χ1) is 9.58. The first-order valence-electron chi connectivity index (χ1n) is 6.96. The highest BCUT2D eigenvalue weighted by Crippen LogP contribution is 2.17. The number of nitrogens with one attached hydrogen (secondary N) is 2. The van der Waals surface area contributed by atoms with Gasteiger partial charge in [-0.25, -0.2) is 9.59 Å². The number of carbonyl (C=O) groups is 2. The number of carboxylic acids is 1. The van der Waals surface area contributed by atoms with Gasteiger partial charge in [-0.1, -0.05) is 0 Å². The zero-order valence-electron chi connectivity index (χ0n) is 11.4. The molecule has 2 saturated heterocycles. The van der Waals surface area contributed by atoms with Crippen molar-refractivity contribution >= 4 is 12.0 Å². The molecule has 0 unspecified atom stereocenters. The average Bonchev–Trinajstić information content (AvgIpc) is 2.82. The van der Waals surface area contributed by atoms with Gasteiger partial charge >= 0.3 is 12.0 Å². The molecule has 2 aliphatic rings. The molecule has 2 atom stereocenters. The van der Waals surface area contributed by atoms with Crippen LogP contribution >= 0.6 is 0 Å². The minimum atomic E-state index is -1.07. The van der Waals surface area contributed by atoms with E-state index >= 15 is 0 Å². The van der Waals surface area contributed by atoms with Crippen molar-refractivity contribution in [3.63, 3.8) is 0 Å². The van der Waals surface area contributed by atoms with Crippen LogP contribution in [0.25, 0.3) is 0 Å². The summed E-state index contributed by atoms with van der Waals surface area (Å²) < 4.78 is 0. The molecule has 2 amide bonds. The SMILES string of the molecule is O=C(O)[C@@H]1C[C@H](O)CN1C(=O)NCCN1CCNCC1. The lowest BCUT2D eigenvalue weighted by atomic mass is 10.2. The van der Waals surface area contributed by atoms with Crippen molar-refractivity contribution in [1.29, 1.82) is 0 Å². The number of aliphatic hydroxyl groups is 1. The number of amides is 2. The Bertz CT molecular complexity index is 359. The van der Waals surface area contributed by atoms with Crippen LogP contribution in [0.3, 0.4) is 0 Å². The van der Waals surface area contributed by atoms with Gasteiger partial charge in [0, 0.05) is 52.2 Å². The molecule has 0 aromatic rings. The molecule has 2 aliphatic heterocycles.